The number of hydrogen-bond donors (Lipinski definition) is 2. The van der Waals surface area contributed by atoms with E-state index in [4.69, 9.17) is 9.53 Å². The second-order valence-electron chi connectivity index (χ2n) is 6.37. The number of aliphatic hydroxyl groups is 1. The maximum atomic E-state index is 9.04. The van der Waals surface area contributed by atoms with Gasteiger partial charge >= 0.3 is 0 Å². The summed E-state index contributed by atoms with van der Waals surface area (Å²) in [5, 5.41) is 12.7. The SMILES string of the molecule is CC(C)(C)[Si](C)(C)O[C@@H]1CC[C@H](CO)NC1. The van der Waals surface area contributed by atoms with Crippen LogP contribution in [-0.4, -0.2) is 38.7 Å². The van der Waals surface area contributed by atoms with Crippen LogP contribution in [0, 0.1) is 0 Å². The van der Waals surface area contributed by atoms with Crippen molar-refractivity contribution in [3.05, 3.63) is 0 Å². The van der Waals surface area contributed by atoms with Gasteiger partial charge in [0.05, 0.1) is 12.7 Å². The highest BCUT2D eigenvalue weighted by Crippen LogP contribution is 2.37. The van der Waals surface area contributed by atoms with Crippen molar-refractivity contribution in [3.8, 4) is 0 Å². The van der Waals surface area contributed by atoms with Gasteiger partial charge in [-0.2, -0.15) is 0 Å². The largest absolute Gasteiger partial charge is 0.413 e. The van der Waals surface area contributed by atoms with Gasteiger partial charge in [0.25, 0.3) is 0 Å². The number of piperidine rings is 1. The summed E-state index contributed by atoms with van der Waals surface area (Å²) in [5.74, 6) is 0. The molecule has 0 unspecified atom stereocenters. The lowest BCUT2D eigenvalue weighted by molar-refractivity contribution is 0.115. The molecule has 1 fully saturated rings. The second kappa shape index (κ2) is 5.17. The molecule has 16 heavy (non-hydrogen) atoms. The number of rotatable bonds is 3. The van der Waals surface area contributed by atoms with Gasteiger partial charge in [0.15, 0.2) is 8.32 Å². The molecule has 4 heteroatoms. The highest BCUT2D eigenvalue weighted by Gasteiger charge is 2.39. The summed E-state index contributed by atoms with van der Waals surface area (Å²) in [6.07, 6.45) is 2.43. The standard InChI is InChI=1S/C12H27NO2Si/c1-12(2,3)16(4,5)15-11-7-6-10(9-14)13-8-11/h10-11,13-14H,6-9H2,1-5H3/t10-,11-/m1/s1. The Hall–Kier alpha value is 0.0969. The molecule has 1 aliphatic heterocycles. The van der Waals surface area contributed by atoms with Crippen molar-refractivity contribution in [2.24, 2.45) is 0 Å². The normalized spacial score (nSPS) is 28.1. The minimum atomic E-state index is -1.63. The van der Waals surface area contributed by atoms with Crippen molar-refractivity contribution < 1.29 is 9.53 Å². The van der Waals surface area contributed by atoms with Crippen LogP contribution in [0.1, 0.15) is 33.6 Å². The lowest BCUT2D eigenvalue weighted by atomic mass is 10.0. The van der Waals surface area contributed by atoms with Gasteiger partial charge in [-0.15, -0.1) is 0 Å². The summed E-state index contributed by atoms with van der Waals surface area (Å²) in [4.78, 5) is 0. The lowest BCUT2D eigenvalue weighted by Gasteiger charge is -2.41. The van der Waals surface area contributed by atoms with Crippen LogP contribution in [-0.2, 0) is 4.43 Å². The predicted octanol–water partition coefficient (Wildman–Crippen LogP) is 2.12. The third-order valence-corrected chi connectivity index (χ3v) is 8.49. The van der Waals surface area contributed by atoms with Crippen molar-refractivity contribution in [1.29, 1.82) is 0 Å². The Labute approximate surface area is 101 Å². The molecule has 0 aromatic carbocycles. The summed E-state index contributed by atoms with van der Waals surface area (Å²) in [6.45, 7) is 12.5. The number of hydrogen-bond acceptors (Lipinski definition) is 3. The van der Waals surface area contributed by atoms with Crippen LogP contribution >= 0.6 is 0 Å². The Morgan fingerprint density at radius 2 is 1.94 bits per heavy atom. The van der Waals surface area contributed by atoms with Gasteiger partial charge in [0.1, 0.15) is 0 Å². The minimum Gasteiger partial charge on any atom is -0.413 e. The highest BCUT2D eigenvalue weighted by molar-refractivity contribution is 6.74. The molecule has 0 saturated carbocycles. The summed E-state index contributed by atoms with van der Waals surface area (Å²) >= 11 is 0. The van der Waals surface area contributed by atoms with Gasteiger partial charge in [-0.05, 0) is 31.0 Å². The maximum absolute atomic E-state index is 9.04. The average Bonchev–Trinajstić information content (AvgIpc) is 2.16. The zero-order chi connectivity index (χ0) is 12.4. The van der Waals surface area contributed by atoms with E-state index in [9.17, 15) is 0 Å². The van der Waals surface area contributed by atoms with E-state index in [-0.39, 0.29) is 17.7 Å². The fourth-order valence-corrected chi connectivity index (χ4v) is 3.13. The van der Waals surface area contributed by atoms with E-state index < -0.39 is 8.32 Å². The molecule has 0 amide bonds. The molecule has 1 saturated heterocycles. The first-order chi connectivity index (χ1) is 7.26. The van der Waals surface area contributed by atoms with Gasteiger partial charge in [0.2, 0.25) is 0 Å². The van der Waals surface area contributed by atoms with E-state index in [1.807, 2.05) is 0 Å². The fraction of sp³-hybridized carbons (Fsp3) is 1.00. The van der Waals surface area contributed by atoms with E-state index in [2.05, 4.69) is 39.2 Å². The van der Waals surface area contributed by atoms with Gasteiger partial charge in [0, 0.05) is 12.6 Å². The molecule has 96 valence electrons. The molecular weight excluding hydrogens is 218 g/mol. The summed E-state index contributed by atoms with van der Waals surface area (Å²) in [6, 6.07) is 0.277. The highest BCUT2D eigenvalue weighted by atomic mass is 28.4. The molecule has 0 radical (unpaired) electrons. The molecule has 2 atom stereocenters. The first-order valence-electron chi connectivity index (χ1n) is 6.28. The molecular formula is C12H27NO2Si. The topological polar surface area (TPSA) is 41.5 Å². The van der Waals surface area contributed by atoms with Crippen molar-refractivity contribution in [2.45, 2.75) is 63.9 Å². The fourth-order valence-electron chi connectivity index (χ4n) is 1.74. The van der Waals surface area contributed by atoms with E-state index >= 15 is 0 Å². The maximum Gasteiger partial charge on any atom is 0.192 e. The van der Waals surface area contributed by atoms with Crippen LogP contribution in [0.2, 0.25) is 18.1 Å². The van der Waals surface area contributed by atoms with E-state index in [0.29, 0.717) is 6.10 Å². The average molecular weight is 245 g/mol. The van der Waals surface area contributed by atoms with Crippen LogP contribution in [0.4, 0.5) is 0 Å². The third kappa shape index (κ3) is 3.55. The smallest absolute Gasteiger partial charge is 0.192 e. The van der Waals surface area contributed by atoms with Gasteiger partial charge in [-0.1, -0.05) is 20.8 Å². The zero-order valence-corrected chi connectivity index (χ0v) is 12.3. The van der Waals surface area contributed by atoms with E-state index in [0.717, 1.165) is 19.4 Å². The van der Waals surface area contributed by atoms with Crippen LogP contribution in [0.25, 0.3) is 0 Å². The zero-order valence-electron chi connectivity index (χ0n) is 11.3. The van der Waals surface area contributed by atoms with Crippen molar-refractivity contribution >= 4 is 8.32 Å². The Morgan fingerprint density at radius 1 is 1.31 bits per heavy atom. The molecule has 2 N–H and O–H groups in total. The Bertz CT molecular complexity index is 218. The first-order valence-corrected chi connectivity index (χ1v) is 9.19. The van der Waals surface area contributed by atoms with Crippen molar-refractivity contribution in [2.75, 3.05) is 13.2 Å². The third-order valence-electron chi connectivity index (χ3n) is 3.96. The van der Waals surface area contributed by atoms with Gasteiger partial charge < -0.3 is 14.8 Å². The summed E-state index contributed by atoms with van der Waals surface area (Å²) in [5.41, 5.74) is 0. The van der Waals surface area contributed by atoms with Crippen LogP contribution < -0.4 is 5.32 Å². The first kappa shape index (κ1) is 14.2. The molecule has 0 aliphatic carbocycles. The molecule has 1 rings (SSSR count). The van der Waals surface area contributed by atoms with Crippen LogP contribution in [0.3, 0.4) is 0 Å². The Kier molecular flexibility index (Phi) is 4.57. The number of nitrogens with one attached hydrogen (secondary N) is 1. The van der Waals surface area contributed by atoms with Gasteiger partial charge in [-0.3, -0.25) is 0 Å². The lowest BCUT2D eigenvalue weighted by Crippen LogP contribution is -2.51. The predicted molar refractivity (Wildman–Crippen MR) is 70.2 cm³/mol. The quantitative estimate of drug-likeness (QED) is 0.748. The second-order valence-corrected chi connectivity index (χ2v) is 11.1. The molecule has 0 aromatic rings. The van der Waals surface area contributed by atoms with E-state index in [1.54, 1.807) is 0 Å². The van der Waals surface area contributed by atoms with Gasteiger partial charge in [-0.25, -0.2) is 0 Å². The van der Waals surface area contributed by atoms with E-state index in [1.165, 1.54) is 0 Å². The summed E-state index contributed by atoms with van der Waals surface area (Å²) < 4.78 is 6.33. The Morgan fingerprint density at radius 3 is 2.31 bits per heavy atom. The Balaban J connectivity index is 2.45. The molecule has 0 bridgehead atoms. The molecule has 3 nitrogen and oxygen atoms in total. The summed E-state index contributed by atoms with van der Waals surface area (Å²) in [7, 11) is -1.63. The number of aliphatic hydroxyl groups excluding tert-OH is 1. The van der Waals surface area contributed by atoms with Crippen molar-refractivity contribution in [1.82, 2.24) is 5.32 Å². The van der Waals surface area contributed by atoms with Crippen LogP contribution in [0.5, 0.6) is 0 Å². The van der Waals surface area contributed by atoms with Crippen molar-refractivity contribution in [3.63, 3.8) is 0 Å². The molecule has 1 aliphatic rings. The minimum absolute atomic E-state index is 0.243. The molecule has 1 heterocycles. The molecule has 0 spiro atoms. The van der Waals surface area contributed by atoms with Crippen LogP contribution in [0.15, 0.2) is 0 Å². The molecule has 0 aromatic heterocycles. The monoisotopic (exact) mass is 245 g/mol.